The third-order valence-electron chi connectivity index (χ3n) is 4.71. The molecule has 1 aromatic rings. The van der Waals surface area contributed by atoms with Crippen LogP contribution in [0, 0.1) is 0 Å². The highest BCUT2D eigenvalue weighted by molar-refractivity contribution is 5.67. The standard InChI is InChI=1S/C16H22F3N6/c1-15(2)10-23(8-7-22(15)3)12-24-11-20-21-25(24)14-6-4-5-13(9-14)16(17,18)19/h4-6,9,11H,7-8,10,12H2,1-3H3/q-1. The maximum atomic E-state index is 12.9. The fourth-order valence-corrected chi connectivity index (χ4v) is 3.00. The number of rotatable bonds is 3. The molecule has 0 aliphatic carbocycles. The van der Waals surface area contributed by atoms with Crippen molar-refractivity contribution in [2.24, 2.45) is 5.10 Å². The molecule has 3 rings (SSSR count). The molecule has 0 aromatic heterocycles. The Kier molecular flexibility index (Phi) is 4.54. The van der Waals surface area contributed by atoms with E-state index in [2.05, 4.69) is 41.3 Å². The number of anilines is 1. The molecular formula is C16H22F3N6-. The monoisotopic (exact) mass is 355 g/mol. The van der Waals surface area contributed by atoms with E-state index in [0.29, 0.717) is 12.4 Å². The van der Waals surface area contributed by atoms with E-state index in [1.165, 1.54) is 17.5 Å². The first-order valence-electron chi connectivity index (χ1n) is 8.08. The zero-order valence-corrected chi connectivity index (χ0v) is 14.5. The summed E-state index contributed by atoms with van der Waals surface area (Å²) in [4.78, 5) is 4.55. The lowest BCUT2D eigenvalue weighted by molar-refractivity contribution is -0.137. The van der Waals surface area contributed by atoms with Crippen molar-refractivity contribution < 1.29 is 13.2 Å². The molecule has 0 amide bonds. The van der Waals surface area contributed by atoms with E-state index in [9.17, 15) is 13.2 Å². The summed E-state index contributed by atoms with van der Waals surface area (Å²) in [7, 11) is 2.10. The average Bonchev–Trinajstić information content (AvgIpc) is 2.98. The lowest BCUT2D eigenvalue weighted by Crippen LogP contribution is -2.59. The molecule has 2 aliphatic rings. The average molecular weight is 355 g/mol. The van der Waals surface area contributed by atoms with Crippen molar-refractivity contribution in [1.29, 1.82) is 0 Å². The number of halogens is 3. The molecule has 0 radical (unpaired) electrons. The minimum atomic E-state index is -4.39. The molecule has 1 aromatic carbocycles. The third kappa shape index (κ3) is 3.82. The molecule has 1 saturated heterocycles. The van der Waals surface area contributed by atoms with E-state index < -0.39 is 11.7 Å². The van der Waals surface area contributed by atoms with Crippen molar-refractivity contribution in [1.82, 2.24) is 14.8 Å². The van der Waals surface area contributed by atoms with E-state index in [1.54, 1.807) is 11.1 Å². The molecule has 0 saturated carbocycles. The van der Waals surface area contributed by atoms with Crippen LogP contribution < -0.4 is 5.12 Å². The Morgan fingerprint density at radius 3 is 2.68 bits per heavy atom. The van der Waals surface area contributed by atoms with Gasteiger partial charge in [0, 0.05) is 30.9 Å². The number of piperazine rings is 1. The van der Waals surface area contributed by atoms with Crippen LogP contribution >= 0.6 is 0 Å². The molecule has 6 nitrogen and oxygen atoms in total. The van der Waals surface area contributed by atoms with Crippen molar-refractivity contribution in [2.75, 3.05) is 38.5 Å². The van der Waals surface area contributed by atoms with E-state index in [4.69, 9.17) is 0 Å². The number of nitrogens with zero attached hydrogens (tertiary/aromatic N) is 6. The predicted molar refractivity (Wildman–Crippen MR) is 90.8 cm³/mol. The summed E-state index contributed by atoms with van der Waals surface area (Å²) in [5, 5.41) is 6.99. The molecule has 1 fully saturated rings. The van der Waals surface area contributed by atoms with Crippen LogP contribution in [0.4, 0.5) is 18.9 Å². The maximum Gasteiger partial charge on any atom is 0.416 e. The van der Waals surface area contributed by atoms with Gasteiger partial charge in [-0.1, -0.05) is 6.07 Å². The number of likely N-dealkylation sites (N-methyl/N-ethyl adjacent to an activating group) is 1. The number of alkyl halides is 3. The Balaban J connectivity index is 1.72. The van der Waals surface area contributed by atoms with Gasteiger partial charge in [-0.05, 0) is 39.1 Å². The summed E-state index contributed by atoms with van der Waals surface area (Å²) in [6, 6.07) is 5.10. The van der Waals surface area contributed by atoms with Crippen LogP contribution in [0.25, 0.3) is 5.53 Å². The molecular weight excluding hydrogens is 333 g/mol. The predicted octanol–water partition coefficient (Wildman–Crippen LogP) is 2.96. The second kappa shape index (κ2) is 6.38. The molecule has 2 heterocycles. The molecule has 138 valence electrons. The maximum absolute atomic E-state index is 12.9. The summed E-state index contributed by atoms with van der Waals surface area (Å²) >= 11 is 0. The van der Waals surface area contributed by atoms with E-state index in [-0.39, 0.29) is 5.54 Å². The van der Waals surface area contributed by atoms with Gasteiger partial charge in [-0.25, -0.2) is 0 Å². The van der Waals surface area contributed by atoms with Crippen molar-refractivity contribution in [3.05, 3.63) is 35.4 Å². The van der Waals surface area contributed by atoms with Crippen LogP contribution in [-0.2, 0) is 6.18 Å². The summed E-state index contributed by atoms with van der Waals surface area (Å²) in [5.41, 5.74) is 3.62. The van der Waals surface area contributed by atoms with E-state index >= 15 is 0 Å². The highest BCUT2D eigenvalue weighted by Crippen LogP contribution is 2.33. The Bertz CT molecular complexity index is 645. The van der Waals surface area contributed by atoms with Gasteiger partial charge in [0.15, 0.2) is 0 Å². The van der Waals surface area contributed by atoms with Gasteiger partial charge in [0.25, 0.3) is 0 Å². The zero-order chi connectivity index (χ0) is 18.2. The molecule has 2 aliphatic heterocycles. The van der Waals surface area contributed by atoms with Gasteiger partial charge < -0.3 is 15.8 Å². The molecule has 0 unspecified atom stereocenters. The SMILES string of the molecule is CN1CCN(CN2C=N[N-]N2c2cccc(C(F)(F)F)c2)CC1(C)C. The molecule has 0 atom stereocenters. The topological polar surface area (TPSA) is 39.4 Å². The smallest absolute Gasteiger partial charge is 0.416 e. The molecule has 0 spiro atoms. The third-order valence-corrected chi connectivity index (χ3v) is 4.71. The molecule has 9 heteroatoms. The zero-order valence-electron chi connectivity index (χ0n) is 14.5. The van der Waals surface area contributed by atoms with Crippen LogP contribution in [0.1, 0.15) is 19.4 Å². The lowest BCUT2D eigenvalue weighted by Gasteiger charge is -2.48. The van der Waals surface area contributed by atoms with Crippen LogP contribution in [0.3, 0.4) is 0 Å². The van der Waals surface area contributed by atoms with Gasteiger partial charge in [0.2, 0.25) is 0 Å². The number of benzene rings is 1. The quantitative estimate of drug-likeness (QED) is 0.836. The summed E-state index contributed by atoms with van der Waals surface area (Å²) in [5.74, 6) is 0. The first-order valence-corrected chi connectivity index (χ1v) is 8.08. The van der Waals surface area contributed by atoms with Crippen LogP contribution in [-0.4, -0.2) is 60.0 Å². The second-order valence-corrected chi connectivity index (χ2v) is 7.03. The van der Waals surface area contributed by atoms with E-state index in [1.807, 2.05) is 0 Å². The van der Waals surface area contributed by atoms with Gasteiger partial charge in [0.05, 0.1) is 18.6 Å². The minimum Gasteiger partial charge on any atom is -0.490 e. The van der Waals surface area contributed by atoms with Gasteiger partial charge in [-0.2, -0.15) is 13.2 Å². The summed E-state index contributed by atoms with van der Waals surface area (Å²) < 4.78 is 38.8. The minimum absolute atomic E-state index is 0.0350. The Morgan fingerprint density at radius 1 is 1.24 bits per heavy atom. The molecule has 25 heavy (non-hydrogen) atoms. The fourth-order valence-electron chi connectivity index (χ4n) is 3.00. The normalized spacial score (nSPS) is 21.7. The first-order chi connectivity index (χ1) is 11.7. The van der Waals surface area contributed by atoms with Gasteiger partial charge >= 0.3 is 6.18 Å². The largest absolute Gasteiger partial charge is 0.490 e. The van der Waals surface area contributed by atoms with Crippen LogP contribution in [0.5, 0.6) is 0 Å². The summed E-state index contributed by atoms with van der Waals surface area (Å²) in [6.07, 6.45) is -2.85. The second-order valence-electron chi connectivity index (χ2n) is 7.03. The lowest BCUT2D eigenvalue weighted by atomic mass is 10.0. The number of hydrazine groups is 1. The van der Waals surface area contributed by atoms with Gasteiger partial charge in [-0.3, -0.25) is 14.8 Å². The van der Waals surface area contributed by atoms with Crippen molar-refractivity contribution >= 4 is 12.0 Å². The van der Waals surface area contributed by atoms with Crippen LogP contribution in [0.2, 0.25) is 0 Å². The Labute approximate surface area is 145 Å². The highest BCUT2D eigenvalue weighted by Gasteiger charge is 2.33. The van der Waals surface area contributed by atoms with Crippen LogP contribution in [0.15, 0.2) is 29.4 Å². The fraction of sp³-hybridized carbons (Fsp3) is 0.562. The Hall–Kier alpha value is -2.00. The van der Waals surface area contributed by atoms with Crippen molar-refractivity contribution in [3.63, 3.8) is 0 Å². The van der Waals surface area contributed by atoms with E-state index in [0.717, 1.165) is 31.8 Å². The Morgan fingerprint density at radius 2 is 2.00 bits per heavy atom. The summed E-state index contributed by atoms with van der Waals surface area (Å²) in [6.45, 7) is 7.52. The highest BCUT2D eigenvalue weighted by atomic mass is 19.4. The van der Waals surface area contributed by atoms with Crippen molar-refractivity contribution in [2.45, 2.75) is 25.6 Å². The number of hydrogen-bond donors (Lipinski definition) is 0. The molecule has 0 N–H and O–H groups in total. The van der Waals surface area contributed by atoms with Crippen molar-refractivity contribution in [3.8, 4) is 0 Å². The van der Waals surface area contributed by atoms with Gasteiger partial charge in [-0.15, -0.1) is 0 Å². The number of hydrogen-bond acceptors (Lipinski definition) is 5. The van der Waals surface area contributed by atoms with Gasteiger partial charge in [0.1, 0.15) is 0 Å². The molecule has 0 bridgehead atoms. The first kappa shape index (κ1) is 17.8.